The standard InChI is InChI=1S/C6H12N/c1-6-4-2-3-5-7-6/h3,6-7H,2,4-5H2,1H3/t6-/m1/s1. The summed E-state index contributed by atoms with van der Waals surface area (Å²) in [4.78, 5) is 0. The molecular weight excluding hydrogens is 86.1 g/mol. The van der Waals surface area contributed by atoms with Gasteiger partial charge in [0.25, 0.3) is 0 Å². The van der Waals surface area contributed by atoms with Crippen molar-refractivity contribution >= 4 is 0 Å². The van der Waals surface area contributed by atoms with Crippen LogP contribution < -0.4 is 5.32 Å². The first kappa shape index (κ1) is 5.10. The molecule has 0 aromatic rings. The van der Waals surface area contributed by atoms with Crippen molar-refractivity contribution < 1.29 is 0 Å². The van der Waals surface area contributed by atoms with E-state index in [1.165, 1.54) is 12.8 Å². The molecular formula is C6H12N. The van der Waals surface area contributed by atoms with Crippen LogP contribution in [-0.4, -0.2) is 12.6 Å². The van der Waals surface area contributed by atoms with Gasteiger partial charge in [-0.1, -0.05) is 0 Å². The van der Waals surface area contributed by atoms with Gasteiger partial charge in [-0.15, -0.1) is 0 Å². The van der Waals surface area contributed by atoms with E-state index < -0.39 is 0 Å². The molecule has 1 radical (unpaired) electrons. The molecule has 1 N–H and O–H groups in total. The first-order valence-electron chi connectivity index (χ1n) is 2.94. The van der Waals surface area contributed by atoms with Gasteiger partial charge in [0.2, 0.25) is 0 Å². The molecule has 0 aromatic carbocycles. The Kier molecular flexibility index (Phi) is 1.69. The van der Waals surface area contributed by atoms with E-state index in [0.717, 1.165) is 12.6 Å². The summed E-state index contributed by atoms with van der Waals surface area (Å²) in [7, 11) is 0. The number of rotatable bonds is 0. The molecule has 1 nitrogen and oxygen atoms in total. The maximum atomic E-state index is 3.33. The highest BCUT2D eigenvalue weighted by atomic mass is 14.9. The van der Waals surface area contributed by atoms with E-state index >= 15 is 0 Å². The highest BCUT2D eigenvalue weighted by molar-refractivity contribution is 4.78. The topological polar surface area (TPSA) is 12.0 Å². The Morgan fingerprint density at radius 2 is 2.57 bits per heavy atom. The number of hydrogen-bond acceptors (Lipinski definition) is 1. The first-order valence-corrected chi connectivity index (χ1v) is 2.94. The van der Waals surface area contributed by atoms with Gasteiger partial charge < -0.3 is 5.32 Å². The highest BCUT2D eigenvalue weighted by Gasteiger charge is 2.04. The zero-order valence-electron chi connectivity index (χ0n) is 4.78. The normalized spacial score (nSPS) is 33.0. The van der Waals surface area contributed by atoms with Gasteiger partial charge >= 0.3 is 0 Å². The number of nitrogens with one attached hydrogen (secondary N) is 1. The van der Waals surface area contributed by atoms with Crippen molar-refractivity contribution in [2.45, 2.75) is 25.8 Å². The molecule has 1 atom stereocenters. The smallest absolute Gasteiger partial charge is 0.00389 e. The summed E-state index contributed by atoms with van der Waals surface area (Å²) in [6.45, 7) is 3.34. The van der Waals surface area contributed by atoms with E-state index in [-0.39, 0.29) is 0 Å². The van der Waals surface area contributed by atoms with Gasteiger partial charge in [0.1, 0.15) is 0 Å². The molecule has 0 bridgehead atoms. The van der Waals surface area contributed by atoms with E-state index in [0.29, 0.717) is 0 Å². The quantitative estimate of drug-likeness (QED) is 0.476. The fourth-order valence-electron chi connectivity index (χ4n) is 0.856. The van der Waals surface area contributed by atoms with Crippen molar-refractivity contribution in [3.63, 3.8) is 0 Å². The van der Waals surface area contributed by atoms with Crippen LogP contribution in [0.15, 0.2) is 0 Å². The number of piperidine rings is 1. The lowest BCUT2D eigenvalue weighted by Crippen LogP contribution is -2.31. The summed E-state index contributed by atoms with van der Waals surface area (Å²) >= 11 is 0. The van der Waals surface area contributed by atoms with Crippen LogP contribution in [0, 0.1) is 6.42 Å². The first-order chi connectivity index (χ1) is 3.39. The van der Waals surface area contributed by atoms with Crippen LogP contribution in [0.1, 0.15) is 19.8 Å². The van der Waals surface area contributed by atoms with E-state index in [1.54, 1.807) is 0 Å². The second kappa shape index (κ2) is 2.31. The van der Waals surface area contributed by atoms with Gasteiger partial charge in [0, 0.05) is 6.04 Å². The zero-order valence-corrected chi connectivity index (χ0v) is 4.78. The maximum absolute atomic E-state index is 3.33. The zero-order chi connectivity index (χ0) is 5.11. The Balaban J connectivity index is 2.12. The molecule has 1 saturated heterocycles. The van der Waals surface area contributed by atoms with E-state index in [2.05, 4.69) is 18.7 Å². The maximum Gasteiger partial charge on any atom is 0.00389 e. The van der Waals surface area contributed by atoms with Gasteiger partial charge in [-0.2, -0.15) is 0 Å². The van der Waals surface area contributed by atoms with Crippen LogP contribution in [0.4, 0.5) is 0 Å². The van der Waals surface area contributed by atoms with Gasteiger partial charge in [-0.25, -0.2) is 0 Å². The van der Waals surface area contributed by atoms with Crippen molar-refractivity contribution in [2.24, 2.45) is 0 Å². The fourth-order valence-corrected chi connectivity index (χ4v) is 0.856. The third kappa shape index (κ3) is 1.48. The summed E-state index contributed by atoms with van der Waals surface area (Å²) in [6.07, 6.45) is 4.91. The number of hydrogen-bond donors (Lipinski definition) is 1. The largest absolute Gasteiger partial charge is 0.314 e. The lowest BCUT2D eigenvalue weighted by Gasteiger charge is -2.17. The highest BCUT2D eigenvalue weighted by Crippen LogP contribution is 2.03. The second-order valence-corrected chi connectivity index (χ2v) is 2.18. The average molecular weight is 98.2 g/mol. The monoisotopic (exact) mass is 98.1 g/mol. The molecule has 41 valence electrons. The molecule has 1 rings (SSSR count). The Labute approximate surface area is 45.1 Å². The van der Waals surface area contributed by atoms with Gasteiger partial charge in [0.15, 0.2) is 0 Å². The Bertz CT molecular complexity index is 46.1. The summed E-state index contributed by atoms with van der Waals surface area (Å²) in [5, 5.41) is 3.33. The van der Waals surface area contributed by atoms with Crippen molar-refractivity contribution in [2.75, 3.05) is 6.54 Å². The second-order valence-electron chi connectivity index (χ2n) is 2.18. The minimum atomic E-state index is 0.755. The third-order valence-corrected chi connectivity index (χ3v) is 1.41. The summed E-state index contributed by atoms with van der Waals surface area (Å²) < 4.78 is 0. The lowest BCUT2D eigenvalue weighted by molar-refractivity contribution is 0.482. The fraction of sp³-hybridized carbons (Fsp3) is 0.833. The van der Waals surface area contributed by atoms with Gasteiger partial charge in [0.05, 0.1) is 0 Å². The Hall–Kier alpha value is -0.0400. The average Bonchev–Trinajstić information content (AvgIpc) is 1.69. The molecule has 0 saturated carbocycles. The van der Waals surface area contributed by atoms with E-state index in [4.69, 9.17) is 0 Å². The molecule has 0 aromatic heterocycles. The summed E-state index contributed by atoms with van der Waals surface area (Å²) in [6, 6.07) is 0.755. The molecule has 7 heavy (non-hydrogen) atoms. The van der Waals surface area contributed by atoms with Crippen LogP contribution in [0.3, 0.4) is 0 Å². The molecule has 1 aliphatic rings. The Morgan fingerprint density at radius 1 is 1.71 bits per heavy atom. The van der Waals surface area contributed by atoms with Gasteiger partial charge in [-0.3, -0.25) is 0 Å². The molecule has 1 fully saturated rings. The van der Waals surface area contributed by atoms with Crippen molar-refractivity contribution in [3.8, 4) is 0 Å². The SMILES string of the molecule is C[C@@H]1CC[CH]CN1. The minimum Gasteiger partial charge on any atom is -0.314 e. The van der Waals surface area contributed by atoms with Crippen molar-refractivity contribution in [3.05, 3.63) is 6.42 Å². The van der Waals surface area contributed by atoms with Crippen LogP contribution in [0.2, 0.25) is 0 Å². The molecule has 1 heteroatoms. The molecule has 0 unspecified atom stereocenters. The minimum absolute atomic E-state index is 0.755. The molecule has 1 aliphatic heterocycles. The van der Waals surface area contributed by atoms with Crippen molar-refractivity contribution in [1.82, 2.24) is 5.32 Å². The predicted octanol–water partition coefficient (Wildman–Crippen LogP) is 0.963. The molecule has 0 spiro atoms. The van der Waals surface area contributed by atoms with E-state index in [1.807, 2.05) is 0 Å². The summed E-state index contributed by atoms with van der Waals surface area (Å²) in [5.41, 5.74) is 0. The van der Waals surface area contributed by atoms with Crippen LogP contribution in [0.25, 0.3) is 0 Å². The molecule has 0 aliphatic carbocycles. The molecule has 0 amide bonds. The third-order valence-electron chi connectivity index (χ3n) is 1.41. The molecule has 1 heterocycles. The van der Waals surface area contributed by atoms with Crippen molar-refractivity contribution in [1.29, 1.82) is 0 Å². The summed E-state index contributed by atoms with van der Waals surface area (Å²) in [5.74, 6) is 0. The van der Waals surface area contributed by atoms with E-state index in [9.17, 15) is 0 Å². The predicted molar refractivity (Wildman–Crippen MR) is 31.0 cm³/mol. The van der Waals surface area contributed by atoms with Crippen LogP contribution >= 0.6 is 0 Å². The van der Waals surface area contributed by atoms with Gasteiger partial charge in [-0.05, 0) is 32.7 Å². The lowest BCUT2D eigenvalue weighted by atomic mass is 10.1. The van der Waals surface area contributed by atoms with Crippen LogP contribution in [-0.2, 0) is 0 Å². The Morgan fingerprint density at radius 3 is 2.86 bits per heavy atom. The van der Waals surface area contributed by atoms with Crippen LogP contribution in [0.5, 0.6) is 0 Å².